The summed E-state index contributed by atoms with van der Waals surface area (Å²) in [5.41, 5.74) is 0.382. The van der Waals surface area contributed by atoms with Crippen molar-refractivity contribution in [3.63, 3.8) is 0 Å². The van der Waals surface area contributed by atoms with Gasteiger partial charge in [0.15, 0.2) is 0 Å². The molecule has 10 heteroatoms. The molecule has 0 radical (unpaired) electrons. The first-order chi connectivity index (χ1) is 19.1. The first-order valence-electron chi connectivity index (χ1n) is 14.4. The summed E-state index contributed by atoms with van der Waals surface area (Å²) in [6.07, 6.45) is 9.07. The highest BCUT2D eigenvalue weighted by Gasteiger charge is 2.61. The number of fused-ring (bicyclic) bond motifs is 3. The van der Waals surface area contributed by atoms with Crippen LogP contribution in [0.4, 0.5) is 9.18 Å². The lowest BCUT2D eigenvalue weighted by Crippen LogP contribution is -2.54. The minimum atomic E-state index is -1.34. The van der Waals surface area contributed by atoms with E-state index in [1.165, 1.54) is 12.1 Å². The summed E-state index contributed by atoms with van der Waals surface area (Å²) in [5, 5.41) is 12.8. The van der Waals surface area contributed by atoms with Crippen molar-refractivity contribution in [2.75, 3.05) is 20.1 Å². The fourth-order valence-electron chi connectivity index (χ4n) is 6.66. The first kappa shape index (κ1) is 28.1. The molecule has 4 amide bonds. The van der Waals surface area contributed by atoms with Gasteiger partial charge in [-0.1, -0.05) is 38.0 Å². The van der Waals surface area contributed by atoms with Crippen LogP contribution in [0.25, 0.3) is 0 Å². The summed E-state index contributed by atoms with van der Waals surface area (Å²) in [6, 6.07) is 3.57. The van der Waals surface area contributed by atoms with Gasteiger partial charge in [-0.15, -0.1) is 0 Å². The van der Waals surface area contributed by atoms with Gasteiger partial charge in [0.1, 0.15) is 17.4 Å². The predicted octanol–water partition coefficient (Wildman–Crippen LogP) is 3.53. The summed E-state index contributed by atoms with van der Waals surface area (Å²) < 4.78 is 13.7. The minimum Gasteiger partial charge on any atom is -0.479 e. The Bertz CT molecular complexity index is 1220. The third-order valence-electron chi connectivity index (χ3n) is 9.22. The van der Waals surface area contributed by atoms with Crippen LogP contribution < -0.4 is 5.32 Å². The van der Waals surface area contributed by atoms with Gasteiger partial charge < -0.3 is 25.1 Å². The van der Waals surface area contributed by atoms with Crippen molar-refractivity contribution in [1.82, 2.24) is 20.0 Å². The lowest BCUT2D eigenvalue weighted by molar-refractivity contribution is -0.145. The standard InChI is InChI=1S/C30H39FN4O5/c1-19-22(15-33(2)29(40)34-16-20-11-12-24(31)13-21(20)17-34)18-35-25(36)10-8-6-4-3-5-7-9-23-14-30(23,28(38)39)32-27(37)26(19)35/h7,9,11-13,19,22-23,26H,3-6,8,10,14-18H2,1-2H3,(H,32,37)(H,38,39)/b9-7-/t19-,22-,23+,26-,30+/m0/s1. The lowest BCUT2D eigenvalue weighted by atomic mass is 9.91. The molecule has 2 fully saturated rings. The number of aliphatic carboxylic acids is 1. The molecule has 9 nitrogen and oxygen atoms in total. The molecule has 3 aliphatic heterocycles. The van der Waals surface area contributed by atoms with Gasteiger partial charge in [-0.05, 0) is 60.8 Å². The van der Waals surface area contributed by atoms with E-state index in [9.17, 15) is 28.7 Å². The molecule has 5 rings (SSSR count). The molecule has 0 spiro atoms. The number of allylic oxidation sites excluding steroid dienone is 1. The zero-order chi connectivity index (χ0) is 28.6. The number of benzene rings is 1. The molecule has 0 unspecified atom stereocenters. The summed E-state index contributed by atoms with van der Waals surface area (Å²) in [7, 11) is 1.71. The SMILES string of the molecule is C[C@H]1[C@@H](CN(C)C(=O)N2Cc3ccc(F)cc3C2)CN2C(=O)CCCCCC/C=C\[C@@H]3C[C@@]3(C(=O)O)NC(=O)[C@H]12. The number of carbonyl (C=O) groups excluding carboxylic acids is 3. The van der Waals surface area contributed by atoms with E-state index in [1.54, 1.807) is 27.8 Å². The van der Waals surface area contributed by atoms with Gasteiger partial charge in [0.25, 0.3) is 0 Å². The molecule has 4 aliphatic rings. The molecule has 5 atom stereocenters. The summed E-state index contributed by atoms with van der Waals surface area (Å²) in [5.74, 6) is -2.64. The molecule has 0 aromatic heterocycles. The second kappa shape index (κ2) is 11.2. The minimum absolute atomic E-state index is 0.106. The number of urea groups is 1. The molecule has 1 aromatic carbocycles. The Morgan fingerprint density at radius 2 is 1.90 bits per heavy atom. The third kappa shape index (κ3) is 5.45. The van der Waals surface area contributed by atoms with Crippen molar-refractivity contribution in [3.8, 4) is 0 Å². The molecule has 1 saturated carbocycles. The molecule has 1 saturated heterocycles. The van der Waals surface area contributed by atoms with Crippen LogP contribution in [0.2, 0.25) is 0 Å². The van der Waals surface area contributed by atoms with E-state index < -0.39 is 23.5 Å². The number of carbonyl (C=O) groups is 4. The largest absolute Gasteiger partial charge is 0.479 e. The Morgan fingerprint density at radius 1 is 1.15 bits per heavy atom. The predicted molar refractivity (Wildman–Crippen MR) is 145 cm³/mol. The van der Waals surface area contributed by atoms with Crippen LogP contribution in [0.1, 0.15) is 63.0 Å². The zero-order valence-corrected chi connectivity index (χ0v) is 23.3. The van der Waals surface area contributed by atoms with Crippen molar-refractivity contribution < 1.29 is 28.7 Å². The number of amides is 4. The van der Waals surface area contributed by atoms with Gasteiger partial charge in [-0.2, -0.15) is 0 Å². The molecule has 216 valence electrons. The molecular formula is C30H39FN4O5. The van der Waals surface area contributed by atoms with Gasteiger partial charge in [0.05, 0.1) is 0 Å². The molecule has 3 heterocycles. The number of hydrogen-bond donors (Lipinski definition) is 2. The number of nitrogens with zero attached hydrogens (tertiary/aromatic N) is 3. The molecule has 40 heavy (non-hydrogen) atoms. The summed E-state index contributed by atoms with van der Waals surface area (Å²) in [6.45, 7) is 3.30. The Labute approximate surface area is 234 Å². The van der Waals surface area contributed by atoms with Gasteiger partial charge in [-0.25, -0.2) is 14.0 Å². The van der Waals surface area contributed by atoms with Crippen LogP contribution in [0.3, 0.4) is 0 Å². The monoisotopic (exact) mass is 554 g/mol. The maximum absolute atomic E-state index is 13.7. The molecule has 1 aromatic rings. The molecule has 1 aliphatic carbocycles. The maximum atomic E-state index is 13.7. The summed E-state index contributed by atoms with van der Waals surface area (Å²) in [4.78, 5) is 57.4. The van der Waals surface area contributed by atoms with Crippen LogP contribution in [0.5, 0.6) is 0 Å². The molecule has 0 bridgehead atoms. The second-order valence-electron chi connectivity index (χ2n) is 12.0. The highest BCUT2D eigenvalue weighted by atomic mass is 19.1. The average molecular weight is 555 g/mol. The highest BCUT2D eigenvalue weighted by Crippen LogP contribution is 2.46. The van der Waals surface area contributed by atoms with Crippen LogP contribution >= 0.6 is 0 Å². The first-order valence-corrected chi connectivity index (χ1v) is 14.4. The van der Waals surface area contributed by atoms with Crippen molar-refractivity contribution >= 4 is 23.8 Å². The number of nitrogens with one attached hydrogen (secondary N) is 1. The normalized spacial score (nSPS) is 31.3. The highest BCUT2D eigenvalue weighted by molar-refractivity contribution is 5.95. The number of carboxylic acid groups (broad SMARTS) is 1. The second-order valence-corrected chi connectivity index (χ2v) is 12.0. The molecular weight excluding hydrogens is 515 g/mol. The Kier molecular flexibility index (Phi) is 7.88. The smallest absolute Gasteiger partial charge is 0.330 e. The number of hydrogen-bond acceptors (Lipinski definition) is 4. The molecule has 2 N–H and O–H groups in total. The van der Waals surface area contributed by atoms with Crippen LogP contribution in [0, 0.1) is 23.6 Å². The van der Waals surface area contributed by atoms with Crippen LogP contribution in [0.15, 0.2) is 30.4 Å². The number of carboxylic acids is 1. The maximum Gasteiger partial charge on any atom is 0.330 e. The summed E-state index contributed by atoms with van der Waals surface area (Å²) >= 11 is 0. The fraction of sp³-hybridized carbons (Fsp3) is 0.600. The van der Waals surface area contributed by atoms with Crippen molar-refractivity contribution in [1.29, 1.82) is 0 Å². The zero-order valence-electron chi connectivity index (χ0n) is 23.3. The fourth-order valence-corrected chi connectivity index (χ4v) is 6.66. The van der Waals surface area contributed by atoms with Crippen molar-refractivity contribution in [2.45, 2.75) is 76.5 Å². The van der Waals surface area contributed by atoms with E-state index in [0.717, 1.165) is 43.2 Å². The van der Waals surface area contributed by atoms with E-state index >= 15 is 0 Å². The Balaban J connectivity index is 1.30. The van der Waals surface area contributed by atoms with Crippen LogP contribution in [-0.2, 0) is 27.5 Å². The topological polar surface area (TPSA) is 110 Å². The van der Waals surface area contributed by atoms with Gasteiger partial charge in [0.2, 0.25) is 11.8 Å². The van der Waals surface area contributed by atoms with Gasteiger partial charge in [-0.3, -0.25) is 9.59 Å². The quantitative estimate of drug-likeness (QED) is 0.556. The van der Waals surface area contributed by atoms with E-state index in [0.29, 0.717) is 39.0 Å². The lowest BCUT2D eigenvalue weighted by Gasteiger charge is -2.29. The van der Waals surface area contributed by atoms with Crippen LogP contribution in [-0.4, -0.2) is 75.3 Å². The van der Waals surface area contributed by atoms with Gasteiger partial charge in [0, 0.05) is 45.6 Å². The van der Waals surface area contributed by atoms with E-state index in [2.05, 4.69) is 5.32 Å². The van der Waals surface area contributed by atoms with E-state index in [-0.39, 0.29) is 35.5 Å². The van der Waals surface area contributed by atoms with Crippen molar-refractivity contribution in [3.05, 3.63) is 47.3 Å². The Morgan fingerprint density at radius 3 is 2.67 bits per heavy atom. The Hall–Kier alpha value is -3.43. The van der Waals surface area contributed by atoms with Gasteiger partial charge >= 0.3 is 12.0 Å². The van der Waals surface area contributed by atoms with E-state index in [4.69, 9.17) is 0 Å². The third-order valence-corrected chi connectivity index (χ3v) is 9.22. The van der Waals surface area contributed by atoms with E-state index in [1.807, 2.05) is 19.1 Å². The number of rotatable bonds is 3. The van der Waals surface area contributed by atoms with Crippen molar-refractivity contribution in [2.24, 2.45) is 17.8 Å². The average Bonchev–Trinajstić information content (AvgIpc) is 3.28. The number of halogens is 1.